The Balaban J connectivity index is 1.60. The molecule has 2 amide bonds. The molecule has 2 N–H and O–H groups in total. The van der Waals surface area contributed by atoms with Crippen LogP contribution in [0, 0.1) is 0 Å². The molecule has 0 aromatic heterocycles. The van der Waals surface area contributed by atoms with Crippen LogP contribution in [0.4, 0.5) is 10.5 Å². The number of aryl methyl sites for hydroxylation is 2. The Labute approximate surface area is 168 Å². The van der Waals surface area contributed by atoms with Gasteiger partial charge in [0, 0.05) is 11.2 Å². The van der Waals surface area contributed by atoms with E-state index in [0.29, 0.717) is 0 Å². The third-order valence-electron chi connectivity index (χ3n) is 5.99. The van der Waals surface area contributed by atoms with Crippen molar-refractivity contribution in [1.29, 1.82) is 0 Å². The van der Waals surface area contributed by atoms with Gasteiger partial charge in [0.1, 0.15) is 0 Å². The highest BCUT2D eigenvalue weighted by molar-refractivity contribution is 8.00. The van der Waals surface area contributed by atoms with Gasteiger partial charge in [-0.2, -0.15) is 0 Å². The number of fused-ring (bicyclic) bond motifs is 2. The van der Waals surface area contributed by atoms with Gasteiger partial charge in [-0.15, -0.1) is 0 Å². The van der Waals surface area contributed by atoms with E-state index in [1.807, 2.05) is 5.41 Å². The zero-order valence-corrected chi connectivity index (χ0v) is 18.0. The minimum absolute atomic E-state index is 0.0181. The highest BCUT2D eigenvalue weighted by Crippen LogP contribution is 2.38. The SMILES string of the molecule is CCN(CC)C(C)(C)/C=C/SNC(=O)Nc1c2c(cc3c1CCC3)CCC2. The molecule has 0 spiro atoms. The number of urea groups is 1. The van der Waals surface area contributed by atoms with Gasteiger partial charge in [0.15, 0.2) is 0 Å². The number of hydrogen-bond acceptors (Lipinski definition) is 3. The van der Waals surface area contributed by atoms with Crippen LogP contribution in [0.25, 0.3) is 0 Å². The van der Waals surface area contributed by atoms with Gasteiger partial charge >= 0.3 is 6.03 Å². The van der Waals surface area contributed by atoms with Crippen LogP contribution in [-0.2, 0) is 25.7 Å². The highest BCUT2D eigenvalue weighted by atomic mass is 32.2. The van der Waals surface area contributed by atoms with Crippen LogP contribution in [-0.4, -0.2) is 29.6 Å². The number of amides is 2. The third-order valence-corrected chi connectivity index (χ3v) is 6.56. The number of rotatable bonds is 7. The van der Waals surface area contributed by atoms with E-state index in [2.05, 4.69) is 54.8 Å². The van der Waals surface area contributed by atoms with Crippen molar-refractivity contribution in [1.82, 2.24) is 9.62 Å². The number of benzene rings is 1. The molecule has 0 radical (unpaired) electrons. The highest BCUT2D eigenvalue weighted by Gasteiger charge is 2.25. The number of carbonyl (C=O) groups is 1. The second-order valence-electron chi connectivity index (χ2n) is 8.04. The van der Waals surface area contributed by atoms with Crippen molar-refractivity contribution >= 4 is 23.7 Å². The maximum Gasteiger partial charge on any atom is 0.329 e. The fourth-order valence-corrected chi connectivity index (χ4v) is 5.17. The Morgan fingerprint density at radius 1 is 1.11 bits per heavy atom. The van der Waals surface area contributed by atoms with Crippen molar-refractivity contribution in [2.24, 2.45) is 0 Å². The molecule has 0 unspecified atom stereocenters. The van der Waals surface area contributed by atoms with Crippen molar-refractivity contribution in [3.8, 4) is 0 Å². The molecule has 148 valence electrons. The molecule has 2 aliphatic rings. The van der Waals surface area contributed by atoms with Gasteiger partial charge in [0.05, 0.1) is 0 Å². The third kappa shape index (κ3) is 4.52. The first-order valence-electron chi connectivity index (χ1n) is 10.3. The molecule has 1 aromatic rings. The van der Waals surface area contributed by atoms with Crippen LogP contribution in [0.5, 0.6) is 0 Å². The largest absolute Gasteiger partial charge is 0.329 e. The quantitative estimate of drug-likeness (QED) is 0.642. The molecule has 3 rings (SSSR count). The van der Waals surface area contributed by atoms with Gasteiger partial charge in [-0.3, -0.25) is 9.62 Å². The number of nitrogens with one attached hydrogen (secondary N) is 2. The first kappa shape index (κ1) is 20.3. The molecule has 0 fully saturated rings. The van der Waals surface area contributed by atoms with E-state index in [0.717, 1.165) is 44.5 Å². The van der Waals surface area contributed by atoms with Crippen LogP contribution >= 0.6 is 11.9 Å². The number of carbonyl (C=O) groups excluding carboxylic acids is 1. The van der Waals surface area contributed by atoms with Crippen molar-refractivity contribution in [2.45, 2.75) is 71.8 Å². The summed E-state index contributed by atoms with van der Waals surface area (Å²) < 4.78 is 2.92. The molecule has 1 aromatic carbocycles. The summed E-state index contributed by atoms with van der Waals surface area (Å²) in [7, 11) is 0. The molecule has 0 atom stereocenters. The van der Waals surface area contributed by atoms with Crippen LogP contribution in [0.2, 0.25) is 0 Å². The van der Waals surface area contributed by atoms with Crippen molar-refractivity contribution in [2.75, 3.05) is 18.4 Å². The minimum atomic E-state index is -0.125. The topological polar surface area (TPSA) is 44.4 Å². The van der Waals surface area contributed by atoms with E-state index in [-0.39, 0.29) is 11.6 Å². The number of nitrogens with zero attached hydrogens (tertiary/aromatic N) is 1. The maximum atomic E-state index is 12.5. The molecule has 0 saturated heterocycles. The summed E-state index contributed by atoms with van der Waals surface area (Å²) in [6, 6.07) is 2.26. The second-order valence-corrected chi connectivity index (χ2v) is 8.75. The number of likely N-dealkylation sites (N-methyl/N-ethyl adjacent to an activating group) is 1. The van der Waals surface area contributed by atoms with Gasteiger partial charge < -0.3 is 5.32 Å². The van der Waals surface area contributed by atoms with Gasteiger partial charge in [0.25, 0.3) is 0 Å². The Bertz CT molecular complexity index is 691. The molecule has 0 saturated carbocycles. The molecule has 5 heteroatoms. The number of anilines is 1. The summed E-state index contributed by atoms with van der Waals surface area (Å²) in [5.74, 6) is 0. The van der Waals surface area contributed by atoms with Crippen LogP contribution in [0.1, 0.15) is 62.8 Å². The molecular formula is C22H33N3OS. The van der Waals surface area contributed by atoms with E-state index in [9.17, 15) is 4.79 Å². The summed E-state index contributed by atoms with van der Waals surface area (Å²) in [6.07, 6.45) is 9.03. The second kappa shape index (κ2) is 8.70. The zero-order chi connectivity index (χ0) is 19.4. The van der Waals surface area contributed by atoms with Gasteiger partial charge in [-0.05, 0) is 105 Å². The summed E-state index contributed by atoms with van der Waals surface area (Å²) in [4.78, 5) is 14.9. The Hall–Kier alpha value is -1.46. The van der Waals surface area contributed by atoms with Gasteiger partial charge in [-0.1, -0.05) is 26.0 Å². The Morgan fingerprint density at radius 3 is 2.26 bits per heavy atom. The summed E-state index contributed by atoms with van der Waals surface area (Å²) in [5.41, 5.74) is 6.71. The maximum absolute atomic E-state index is 12.5. The molecule has 0 heterocycles. The Kier molecular flexibility index (Phi) is 6.53. The smallest absolute Gasteiger partial charge is 0.307 e. The molecule has 27 heavy (non-hydrogen) atoms. The minimum Gasteiger partial charge on any atom is -0.307 e. The van der Waals surface area contributed by atoms with Crippen LogP contribution in [0.3, 0.4) is 0 Å². The summed E-state index contributed by atoms with van der Waals surface area (Å²) >= 11 is 1.34. The lowest BCUT2D eigenvalue weighted by molar-refractivity contribution is 0.181. The average Bonchev–Trinajstić information content (AvgIpc) is 3.28. The van der Waals surface area contributed by atoms with E-state index < -0.39 is 0 Å². The Morgan fingerprint density at radius 2 is 1.70 bits per heavy atom. The first-order valence-corrected chi connectivity index (χ1v) is 11.2. The molecule has 0 bridgehead atoms. The van der Waals surface area contributed by atoms with E-state index in [1.54, 1.807) is 0 Å². The van der Waals surface area contributed by atoms with Gasteiger partial charge in [0.2, 0.25) is 0 Å². The lowest BCUT2D eigenvalue weighted by atomic mass is 9.99. The standard InChI is InChI=1S/C22H33N3OS/c1-5-25(6-2)22(3,4)13-14-27-24-21(26)23-20-18-11-7-9-16(18)15-17-10-8-12-19(17)20/h13-15H,5-12H2,1-4H3,(H2,23,24,26)/b14-13+. The van der Waals surface area contributed by atoms with E-state index >= 15 is 0 Å². The van der Waals surface area contributed by atoms with Crippen LogP contribution < -0.4 is 10.0 Å². The van der Waals surface area contributed by atoms with E-state index in [4.69, 9.17) is 0 Å². The van der Waals surface area contributed by atoms with Crippen molar-refractivity contribution < 1.29 is 4.79 Å². The predicted molar refractivity (Wildman–Crippen MR) is 116 cm³/mol. The molecule has 2 aliphatic carbocycles. The zero-order valence-electron chi connectivity index (χ0n) is 17.2. The predicted octanol–water partition coefficient (Wildman–Crippen LogP) is 5.07. The fraction of sp³-hybridized carbons (Fsp3) is 0.591. The molecule has 0 aliphatic heterocycles. The molecule has 4 nitrogen and oxygen atoms in total. The molecular weight excluding hydrogens is 354 g/mol. The van der Waals surface area contributed by atoms with E-state index in [1.165, 1.54) is 47.0 Å². The van der Waals surface area contributed by atoms with Crippen molar-refractivity contribution in [3.05, 3.63) is 39.8 Å². The summed E-state index contributed by atoms with van der Waals surface area (Å²) in [5, 5.41) is 5.15. The van der Waals surface area contributed by atoms with Crippen molar-refractivity contribution in [3.63, 3.8) is 0 Å². The normalized spacial score (nSPS) is 16.0. The van der Waals surface area contributed by atoms with Gasteiger partial charge in [-0.25, -0.2) is 4.79 Å². The monoisotopic (exact) mass is 387 g/mol. The fourth-order valence-electron chi connectivity index (χ4n) is 4.54. The average molecular weight is 388 g/mol. The lowest BCUT2D eigenvalue weighted by Gasteiger charge is -2.34. The summed E-state index contributed by atoms with van der Waals surface area (Å²) in [6.45, 7) is 10.8. The lowest BCUT2D eigenvalue weighted by Crippen LogP contribution is -2.41. The number of hydrogen-bond donors (Lipinski definition) is 2. The first-order chi connectivity index (χ1) is 13.0. The van der Waals surface area contributed by atoms with Crippen LogP contribution in [0.15, 0.2) is 17.6 Å².